The van der Waals surface area contributed by atoms with Crippen LogP contribution < -0.4 is 5.32 Å². The summed E-state index contributed by atoms with van der Waals surface area (Å²) in [5, 5.41) is 2.59. The second-order valence-corrected chi connectivity index (χ2v) is 4.86. The molecule has 90 valence electrons. The highest BCUT2D eigenvalue weighted by Gasteiger charge is 2.34. The molecule has 1 atom stereocenters. The van der Waals surface area contributed by atoms with Crippen molar-refractivity contribution in [3.63, 3.8) is 0 Å². The Kier molecular flexibility index (Phi) is 3.47. The van der Waals surface area contributed by atoms with Crippen molar-refractivity contribution in [2.75, 3.05) is 6.54 Å². The van der Waals surface area contributed by atoms with E-state index in [-0.39, 0.29) is 11.9 Å². The van der Waals surface area contributed by atoms with Gasteiger partial charge in [0.05, 0.1) is 0 Å². The smallest absolute Gasteiger partial charge is 0.324 e. The van der Waals surface area contributed by atoms with Crippen molar-refractivity contribution in [2.24, 2.45) is 0 Å². The molecular formula is C12H13BrN2O2. The standard InChI is InChI=1S/C12H13BrN2O2/c1-8-11(16)15(12(17)14-8)7-6-9-4-2-3-5-10(9)13/h2-5,8H,6-7H2,1H3,(H,14,17). The highest BCUT2D eigenvalue weighted by Crippen LogP contribution is 2.17. The molecule has 5 heteroatoms. The van der Waals surface area contributed by atoms with Gasteiger partial charge in [0.15, 0.2) is 0 Å². The van der Waals surface area contributed by atoms with Gasteiger partial charge in [-0.1, -0.05) is 34.1 Å². The Labute approximate surface area is 108 Å². The van der Waals surface area contributed by atoms with Gasteiger partial charge in [-0.05, 0) is 25.0 Å². The van der Waals surface area contributed by atoms with Crippen LogP contribution in [0.25, 0.3) is 0 Å². The van der Waals surface area contributed by atoms with E-state index < -0.39 is 6.04 Å². The Morgan fingerprint density at radius 2 is 2.06 bits per heavy atom. The number of hydrogen-bond donors (Lipinski definition) is 1. The van der Waals surface area contributed by atoms with Gasteiger partial charge < -0.3 is 5.32 Å². The number of rotatable bonds is 3. The third-order valence-corrected chi connectivity index (χ3v) is 3.56. The normalized spacial score (nSPS) is 19.6. The Hall–Kier alpha value is -1.36. The number of nitrogens with one attached hydrogen (secondary N) is 1. The van der Waals surface area contributed by atoms with Gasteiger partial charge in [0.25, 0.3) is 5.91 Å². The van der Waals surface area contributed by atoms with Crippen LogP contribution in [0, 0.1) is 0 Å². The summed E-state index contributed by atoms with van der Waals surface area (Å²) in [6, 6.07) is 7.10. The second-order valence-electron chi connectivity index (χ2n) is 4.00. The van der Waals surface area contributed by atoms with E-state index in [2.05, 4.69) is 21.2 Å². The van der Waals surface area contributed by atoms with Crippen LogP contribution in [0.4, 0.5) is 4.79 Å². The number of imide groups is 1. The number of benzene rings is 1. The van der Waals surface area contributed by atoms with Crippen molar-refractivity contribution in [1.29, 1.82) is 0 Å². The summed E-state index contributed by atoms with van der Waals surface area (Å²) >= 11 is 3.44. The average molecular weight is 297 g/mol. The second kappa shape index (κ2) is 4.87. The fraction of sp³-hybridized carbons (Fsp3) is 0.333. The van der Waals surface area contributed by atoms with E-state index in [4.69, 9.17) is 0 Å². The molecule has 0 saturated carbocycles. The van der Waals surface area contributed by atoms with E-state index >= 15 is 0 Å². The maximum absolute atomic E-state index is 11.7. The third-order valence-electron chi connectivity index (χ3n) is 2.78. The summed E-state index contributed by atoms with van der Waals surface area (Å²) in [5.41, 5.74) is 1.09. The molecule has 0 aromatic heterocycles. The monoisotopic (exact) mass is 296 g/mol. The van der Waals surface area contributed by atoms with E-state index in [1.807, 2.05) is 24.3 Å². The van der Waals surface area contributed by atoms with E-state index in [1.54, 1.807) is 6.92 Å². The predicted molar refractivity (Wildman–Crippen MR) is 67.6 cm³/mol. The van der Waals surface area contributed by atoms with Gasteiger partial charge in [0.1, 0.15) is 6.04 Å². The van der Waals surface area contributed by atoms with Crippen molar-refractivity contribution in [1.82, 2.24) is 10.2 Å². The van der Waals surface area contributed by atoms with Crippen molar-refractivity contribution in [3.05, 3.63) is 34.3 Å². The number of nitrogens with zero attached hydrogens (tertiary/aromatic N) is 1. The van der Waals surface area contributed by atoms with Crippen LogP contribution in [0.1, 0.15) is 12.5 Å². The van der Waals surface area contributed by atoms with Crippen LogP contribution in [-0.2, 0) is 11.2 Å². The van der Waals surface area contributed by atoms with Crippen LogP contribution in [0.3, 0.4) is 0 Å². The Morgan fingerprint density at radius 3 is 2.65 bits per heavy atom. The predicted octanol–water partition coefficient (Wildman–Crippen LogP) is 1.93. The molecule has 0 radical (unpaired) electrons. The number of carbonyl (C=O) groups is 2. The maximum Gasteiger partial charge on any atom is 0.324 e. The zero-order valence-electron chi connectivity index (χ0n) is 9.44. The SMILES string of the molecule is CC1NC(=O)N(CCc2ccccc2Br)C1=O. The summed E-state index contributed by atoms with van der Waals surface area (Å²) in [4.78, 5) is 24.4. The number of amides is 3. The lowest BCUT2D eigenvalue weighted by Gasteiger charge is -2.13. The quantitative estimate of drug-likeness (QED) is 0.867. The molecule has 1 N–H and O–H groups in total. The molecule has 2 rings (SSSR count). The number of carbonyl (C=O) groups excluding carboxylic acids is 2. The van der Waals surface area contributed by atoms with Gasteiger partial charge in [0.2, 0.25) is 0 Å². The molecule has 4 nitrogen and oxygen atoms in total. The third kappa shape index (κ3) is 2.49. The van der Waals surface area contributed by atoms with Crippen molar-refractivity contribution in [2.45, 2.75) is 19.4 Å². The molecular weight excluding hydrogens is 284 g/mol. The largest absolute Gasteiger partial charge is 0.326 e. The molecule has 1 unspecified atom stereocenters. The van der Waals surface area contributed by atoms with Gasteiger partial charge in [-0.25, -0.2) is 4.79 Å². The summed E-state index contributed by atoms with van der Waals surface area (Å²) in [7, 11) is 0. The first-order valence-electron chi connectivity index (χ1n) is 5.45. The molecule has 0 bridgehead atoms. The highest BCUT2D eigenvalue weighted by molar-refractivity contribution is 9.10. The Bertz CT molecular complexity index is 462. The zero-order chi connectivity index (χ0) is 12.4. The lowest BCUT2D eigenvalue weighted by Crippen LogP contribution is -2.33. The summed E-state index contributed by atoms with van der Waals surface area (Å²) in [5.74, 6) is -0.151. The summed E-state index contributed by atoms with van der Waals surface area (Å²) < 4.78 is 1.00. The molecule has 17 heavy (non-hydrogen) atoms. The van der Waals surface area contributed by atoms with Gasteiger partial charge in [-0.15, -0.1) is 0 Å². The van der Waals surface area contributed by atoms with Gasteiger partial charge in [-0.3, -0.25) is 9.69 Å². The van der Waals surface area contributed by atoms with Crippen LogP contribution in [0.5, 0.6) is 0 Å². The van der Waals surface area contributed by atoms with Crippen LogP contribution in [0.15, 0.2) is 28.7 Å². The van der Waals surface area contributed by atoms with Crippen LogP contribution >= 0.6 is 15.9 Å². The average Bonchev–Trinajstić information content (AvgIpc) is 2.53. The highest BCUT2D eigenvalue weighted by atomic mass is 79.9. The summed E-state index contributed by atoms with van der Waals surface area (Å²) in [6.45, 7) is 2.11. The van der Waals surface area contributed by atoms with Crippen molar-refractivity contribution in [3.8, 4) is 0 Å². The van der Waals surface area contributed by atoms with Crippen molar-refractivity contribution >= 4 is 27.9 Å². The first-order chi connectivity index (χ1) is 8.09. The topological polar surface area (TPSA) is 49.4 Å². The molecule has 1 heterocycles. The Balaban J connectivity index is 2.02. The number of urea groups is 1. The van der Waals surface area contributed by atoms with Gasteiger partial charge in [0, 0.05) is 11.0 Å². The molecule has 1 fully saturated rings. The van der Waals surface area contributed by atoms with E-state index in [1.165, 1.54) is 4.90 Å². The minimum Gasteiger partial charge on any atom is -0.326 e. The number of hydrogen-bond acceptors (Lipinski definition) is 2. The van der Waals surface area contributed by atoms with Crippen LogP contribution in [-0.4, -0.2) is 29.4 Å². The number of halogens is 1. The lowest BCUT2D eigenvalue weighted by atomic mass is 10.1. The molecule has 1 aromatic rings. The molecule has 1 aliphatic heterocycles. The lowest BCUT2D eigenvalue weighted by molar-refractivity contribution is -0.127. The molecule has 3 amide bonds. The summed E-state index contributed by atoms with van der Waals surface area (Å²) in [6.07, 6.45) is 0.660. The molecule has 1 saturated heterocycles. The molecule has 1 aliphatic rings. The minimum atomic E-state index is -0.401. The first-order valence-corrected chi connectivity index (χ1v) is 6.24. The first kappa shape index (κ1) is 12.1. The minimum absolute atomic E-state index is 0.151. The molecule has 0 spiro atoms. The Morgan fingerprint density at radius 1 is 1.35 bits per heavy atom. The van der Waals surface area contributed by atoms with Gasteiger partial charge >= 0.3 is 6.03 Å². The van der Waals surface area contributed by atoms with E-state index in [9.17, 15) is 9.59 Å². The fourth-order valence-corrected chi connectivity index (χ4v) is 2.29. The van der Waals surface area contributed by atoms with Gasteiger partial charge in [-0.2, -0.15) is 0 Å². The van der Waals surface area contributed by atoms with E-state index in [0.717, 1.165) is 10.0 Å². The molecule has 1 aromatic carbocycles. The van der Waals surface area contributed by atoms with E-state index in [0.29, 0.717) is 13.0 Å². The fourth-order valence-electron chi connectivity index (χ4n) is 1.80. The molecule has 0 aliphatic carbocycles. The maximum atomic E-state index is 11.7. The zero-order valence-corrected chi connectivity index (χ0v) is 11.0. The van der Waals surface area contributed by atoms with Crippen LogP contribution in [0.2, 0.25) is 0 Å². The van der Waals surface area contributed by atoms with Crippen molar-refractivity contribution < 1.29 is 9.59 Å².